The van der Waals surface area contributed by atoms with E-state index in [0.29, 0.717) is 42.2 Å². The van der Waals surface area contributed by atoms with Crippen LogP contribution in [0.15, 0.2) is 58.1 Å². The Hall–Kier alpha value is -2.95. The Bertz CT molecular complexity index is 1020. The summed E-state index contributed by atoms with van der Waals surface area (Å²) >= 11 is 0. The van der Waals surface area contributed by atoms with Crippen LogP contribution in [0.25, 0.3) is 11.5 Å². The number of halogens is 1. The number of hydrogen-bond donors (Lipinski definition) is 2. The van der Waals surface area contributed by atoms with Crippen LogP contribution in [-0.4, -0.2) is 45.4 Å². The first kappa shape index (κ1) is 26.3. The van der Waals surface area contributed by atoms with Crippen LogP contribution in [0.3, 0.4) is 0 Å². The molecule has 2 aromatic carbocycles. The van der Waals surface area contributed by atoms with Gasteiger partial charge in [-0.1, -0.05) is 24.3 Å². The summed E-state index contributed by atoms with van der Waals surface area (Å²) in [6, 6.07) is 13.7. The van der Waals surface area contributed by atoms with E-state index in [9.17, 15) is 0 Å². The van der Waals surface area contributed by atoms with Gasteiger partial charge in [0.05, 0.1) is 27.9 Å². The molecule has 2 N–H and O–H groups in total. The molecule has 0 fully saturated rings. The lowest BCUT2D eigenvalue weighted by molar-refractivity contribution is 0.322. The average Bonchev–Trinajstić information content (AvgIpc) is 3.31. The van der Waals surface area contributed by atoms with Gasteiger partial charge in [0, 0.05) is 24.2 Å². The first-order chi connectivity index (χ1) is 15.7. The van der Waals surface area contributed by atoms with E-state index in [-0.39, 0.29) is 24.0 Å². The molecule has 3 rings (SSSR count). The van der Waals surface area contributed by atoms with Crippen LogP contribution in [0, 0.1) is 0 Å². The Balaban J connectivity index is 0.00000385. The molecule has 178 valence electrons. The van der Waals surface area contributed by atoms with E-state index in [1.54, 1.807) is 27.6 Å². The van der Waals surface area contributed by atoms with Crippen molar-refractivity contribution in [3.05, 3.63) is 60.0 Å². The molecule has 1 heterocycles. The second kappa shape index (κ2) is 13.6. The van der Waals surface area contributed by atoms with Gasteiger partial charge in [-0.2, -0.15) is 0 Å². The summed E-state index contributed by atoms with van der Waals surface area (Å²) in [6.45, 7) is 3.84. The Morgan fingerprint density at radius 3 is 2.39 bits per heavy atom. The predicted octanol–water partition coefficient (Wildman–Crippen LogP) is 4.28. The lowest BCUT2D eigenvalue weighted by Gasteiger charge is -2.16. The Morgan fingerprint density at radius 1 is 0.970 bits per heavy atom. The minimum Gasteiger partial charge on any atom is -0.493 e. The van der Waals surface area contributed by atoms with Gasteiger partial charge in [-0.15, -0.1) is 24.0 Å². The zero-order chi connectivity index (χ0) is 22.8. The molecule has 0 aliphatic rings. The van der Waals surface area contributed by atoms with Gasteiger partial charge < -0.3 is 29.3 Å². The fraction of sp³-hybridized carbons (Fsp3) is 0.333. The second-order valence-electron chi connectivity index (χ2n) is 6.88. The number of benzene rings is 2. The minimum absolute atomic E-state index is 0. The number of nitrogens with one attached hydrogen (secondary N) is 2. The van der Waals surface area contributed by atoms with E-state index in [1.165, 1.54) is 0 Å². The molecular formula is C24H31IN4O4. The molecule has 0 atom stereocenters. The zero-order valence-electron chi connectivity index (χ0n) is 19.4. The Kier molecular flexibility index (Phi) is 10.8. The fourth-order valence-corrected chi connectivity index (χ4v) is 3.27. The third-order valence-electron chi connectivity index (χ3n) is 4.79. The van der Waals surface area contributed by atoms with Crippen LogP contribution in [0.5, 0.6) is 17.2 Å². The summed E-state index contributed by atoms with van der Waals surface area (Å²) in [5, 5.41) is 6.60. The molecule has 0 bridgehead atoms. The van der Waals surface area contributed by atoms with Crippen LogP contribution < -0.4 is 24.8 Å². The molecule has 1 aromatic heterocycles. The molecule has 0 aliphatic heterocycles. The van der Waals surface area contributed by atoms with Crippen LogP contribution in [0.4, 0.5) is 0 Å². The smallest absolute Gasteiger partial charge is 0.226 e. The van der Waals surface area contributed by atoms with E-state index in [1.807, 2.05) is 49.4 Å². The third kappa shape index (κ3) is 7.01. The predicted molar refractivity (Wildman–Crippen MR) is 140 cm³/mol. The van der Waals surface area contributed by atoms with Gasteiger partial charge in [-0.3, -0.25) is 0 Å². The minimum atomic E-state index is 0. The van der Waals surface area contributed by atoms with E-state index >= 15 is 0 Å². The molecule has 0 unspecified atom stereocenters. The standard InChI is InChI=1S/C24H30N4O4.HI/c1-5-25-24(27-15-19-16-32-23(28-19)18-9-7-6-8-10-18)26-14-13-17-11-12-20(29-2)22(31-4)21(17)30-3;/h6-12,16H,5,13-15H2,1-4H3,(H2,25,26,27);1H. The molecule has 9 heteroatoms. The molecule has 8 nitrogen and oxygen atoms in total. The number of oxazole rings is 1. The molecule has 0 radical (unpaired) electrons. The van der Waals surface area contributed by atoms with Crippen molar-refractivity contribution in [3.8, 4) is 28.7 Å². The first-order valence-corrected chi connectivity index (χ1v) is 10.5. The maximum absolute atomic E-state index is 5.59. The largest absolute Gasteiger partial charge is 0.493 e. The van der Waals surface area contributed by atoms with Crippen molar-refractivity contribution >= 4 is 29.9 Å². The van der Waals surface area contributed by atoms with Crippen LogP contribution >= 0.6 is 24.0 Å². The fourth-order valence-electron chi connectivity index (χ4n) is 3.27. The Morgan fingerprint density at radius 2 is 1.73 bits per heavy atom. The van der Waals surface area contributed by atoms with Gasteiger partial charge >= 0.3 is 0 Å². The van der Waals surface area contributed by atoms with Gasteiger partial charge in [0.2, 0.25) is 11.6 Å². The normalized spacial score (nSPS) is 10.8. The van der Waals surface area contributed by atoms with Crippen molar-refractivity contribution in [2.24, 2.45) is 4.99 Å². The van der Waals surface area contributed by atoms with Crippen LogP contribution in [0.2, 0.25) is 0 Å². The van der Waals surface area contributed by atoms with Crippen molar-refractivity contribution in [2.75, 3.05) is 34.4 Å². The van der Waals surface area contributed by atoms with Crippen molar-refractivity contribution in [1.29, 1.82) is 0 Å². The third-order valence-corrected chi connectivity index (χ3v) is 4.79. The van der Waals surface area contributed by atoms with Crippen molar-refractivity contribution in [1.82, 2.24) is 15.6 Å². The van der Waals surface area contributed by atoms with E-state index in [2.05, 4.69) is 20.6 Å². The number of aromatic nitrogens is 1. The SMILES string of the molecule is CCNC(=NCc1coc(-c2ccccc2)n1)NCCc1ccc(OC)c(OC)c1OC.I. The average molecular weight is 566 g/mol. The van der Waals surface area contributed by atoms with Gasteiger partial charge in [0.1, 0.15) is 12.0 Å². The van der Waals surface area contributed by atoms with Crippen LogP contribution in [0.1, 0.15) is 18.2 Å². The molecule has 0 amide bonds. The molecule has 0 saturated heterocycles. The van der Waals surface area contributed by atoms with E-state index < -0.39 is 0 Å². The summed E-state index contributed by atoms with van der Waals surface area (Å²) in [7, 11) is 4.84. The summed E-state index contributed by atoms with van der Waals surface area (Å²) in [4.78, 5) is 9.15. The number of ether oxygens (including phenoxy) is 3. The monoisotopic (exact) mass is 566 g/mol. The van der Waals surface area contributed by atoms with E-state index in [4.69, 9.17) is 18.6 Å². The molecule has 3 aromatic rings. The van der Waals surface area contributed by atoms with Crippen molar-refractivity contribution in [2.45, 2.75) is 19.9 Å². The number of nitrogens with zero attached hydrogens (tertiary/aromatic N) is 2. The quantitative estimate of drug-likeness (QED) is 0.215. The summed E-state index contributed by atoms with van der Waals surface area (Å²) in [5.41, 5.74) is 2.72. The van der Waals surface area contributed by atoms with Gasteiger partial charge in [0.15, 0.2) is 17.5 Å². The number of rotatable bonds is 10. The topological polar surface area (TPSA) is 90.1 Å². The van der Waals surface area contributed by atoms with Crippen molar-refractivity contribution in [3.63, 3.8) is 0 Å². The molecule has 0 aliphatic carbocycles. The first-order valence-electron chi connectivity index (χ1n) is 10.5. The number of hydrogen-bond acceptors (Lipinski definition) is 6. The Labute approximate surface area is 211 Å². The second-order valence-corrected chi connectivity index (χ2v) is 6.88. The molecule has 33 heavy (non-hydrogen) atoms. The summed E-state index contributed by atoms with van der Waals surface area (Å²) in [5.74, 6) is 3.20. The molecular weight excluding hydrogens is 535 g/mol. The van der Waals surface area contributed by atoms with Gasteiger partial charge in [-0.25, -0.2) is 9.98 Å². The maximum Gasteiger partial charge on any atom is 0.226 e. The van der Waals surface area contributed by atoms with Crippen molar-refractivity contribution < 1.29 is 18.6 Å². The summed E-state index contributed by atoms with van der Waals surface area (Å²) < 4.78 is 22.0. The van der Waals surface area contributed by atoms with Crippen LogP contribution in [-0.2, 0) is 13.0 Å². The number of aliphatic imine (C=N–C) groups is 1. The highest BCUT2D eigenvalue weighted by Gasteiger charge is 2.15. The van der Waals surface area contributed by atoms with E-state index in [0.717, 1.165) is 29.8 Å². The lowest BCUT2D eigenvalue weighted by Crippen LogP contribution is -2.38. The summed E-state index contributed by atoms with van der Waals surface area (Å²) in [6.07, 6.45) is 2.36. The zero-order valence-corrected chi connectivity index (χ0v) is 21.7. The maximum atomic E-state index is 5.59. The number of methoxy groups -OCH3 is 3. The molecule has 0 spiro atoms. The lowest BCUT2D eigenvalue weighted by atomic mass is 10.1. The highest BCUT2D eigenvalue weighted by atomic mass is 127. The number of guanidine groups is 1. The van der Waals surface area contributed by atoms with Gasteiger partial charge in [0.25, 0.3) is 0 Å². The molecule has 0 saturated carbocycles. The highest BCUT2D eigenvalue weighted by molar-refractivity contribution is 14.0. The van der Waals surface area contributed by atoms with Gasteiger partial charge in [-0.05, 0) is 31.5 Å². The highest BCUT2D eigenvalue weighted by Crippen LogP contribution is 2.39.